The fourth-order valence-corrected chi connectivity index (χ4v) is 8.44. The molecule has 0 heterocycles. The molecular weight excluding hydrogens is 398 g/mol. The van der Waals surface area contributed by atoms with Crippen molar-refractivity contribution in [1.82, 2.24) is 5.12 Å². The van der Waals surface area contributed by atoms with Crippen molar-refractivity contribution < 1.29 is 9.90 Å². The summed E-state index contributed by atoms with van der Waals surface area (Å²) >= 11 is 0. The van der Waals surface area contributed by atoms with E-state index in [1.807, 2.05) is 6.92 Å². The average Bonchev–Trinajstić information content (AvgIpc) is 3.52. The van der Waals surface area contributed by atoms with E-state index in [4.69, 9.17) is 5.84 Å². The number of hydrogen-bond acceptors (Lipinski definition) is 5. The molecule has 8 atom stereocenters. The molecule has 32 heavy (non-hydrogen) atoms. The highest BCUT2D eigenvalue weighted by Gasteiger charge is 2.59. The van der Waals surface area contributed by atoms with Crippen molar-refractivity contribution in [2.45, 2.75) is 90.1 Å². The Labute approximate surface area is 193 Å². The first-order chi connectivity index (χ1) is 15.3. The van der Waals surface area contributed by atoms with Crippen LogP contribution in [0, 0.1) is 58.7 Å². The molecule has 5 fully saturated rings. The molecule has 0 saturated heterocycles. The van der Waals surface area contributed by atoms with Crippen LogP contribution in [0.1, 0.15) is 84.5 Å². The summed E-state index contributed by atoms with van der Waals surface area (Å²) in [6.07, 6.45) is 14.0. The second-order valence-electron chi connectivity index (χ2n) is 11.9. The molecular formula is C27H41N3O2. The summed E-state index contributed by atoms with van der Waals surface area (Å²) in [5.74, 6) is 17.0. The van der Waals surface area contributed by atoms with Gasteiger partial charge in [0.2, 0.25) is 0 Å². The van der Waals surface area contributed by atoms with Gasteiger partial charge in [-0.05, 0) is 113 Å². The Balaban J connectivity index is 1.26. The van der Waals surface area contributed by atoms with E-state index in [1.165, 1.54) is 43.6 Å². The molecule has 0 spiro atoms. The lowest BCUT2D eigenvalue weighted by Crippen LogP contribution is -2.51. The Bertz CT molecular complexity index is 826. The van der Waals surface area contributed by atoms with Crippen molar-refractivity contribution in [3.8, 4) is 11.8 Å². The van der Waals surface area contributed by atoms with E-state index >= 15 is 0 Å². The summed E-state index contributed by atoms with van der Waals surface area (Å²) in [6, 6.07) is 0. The number of nitrogens with two attached hydrogens (primary N) is 1. The summed E-state index contributed by atoms with van der Waals surface area (Å²) in [4.78, 5) is 13.1. The molecule has 5 aliphatic rings. The van der Waals surface area contributed by atoms with Crippen molar-refractivity contribution in [2.75, 3.05) is 6.54 Å². The number of hydrazine groups is 1. The highest BCUT2D eigenvalue weighted by Crippen LogP contribution is 2.64. The highest BCUT2D eigenvalue weighted by molar-refractivity contribution is 5.84. The standard InChI is InChI=1S/C27H41N3O2/c1-3-29-30(28)17-25(31)24-9-8-23-22-7-6-19-16-27(32,14-10-18-4-5-18)15-12-20(19)21(22)11-13-26(23,24)2/h3,18-24,32H,4-9,11-13,15-17,28H2,1-2H3/b29-3-/t19-,20+,21?,22?,23?,24-,26+,27-/m1/s1. The van der Waals surface area contributed by atoms with E-state index in [9.17, 15) is 9.90 Å². The number of aliphatic hydroxyl groups is 1. The summed E-state index contributed by atoms with van der Waals surface area (Å²) in [7, 11) is 0. The minimum absolute atomic E-state index is 0.118. The number of ketones is 1. The van der Waals surface area contributed by atoms with Gasteiger partial charge >= 0.3 is 0 Å². The fourth-order valence-electron chi connectivity index (χ4n) is 8.44. The number of carbonyl (C=O) groups excluding carboxylic acids is 1. The molecule has 5 nitrogen and oxygen atoms in total. The molecule has 0 amide bonds. The lowest BCUT2D eigenvalue weighted by molar-refractivity contribution is -0.132. The third-order valence-electron chi connectivity index (χ3n) is 10.1. The third-order valence-corrected chi connectivity index (χ3v) is 10.1. The smallest absolute Gasteiger partial charge is 0.159 e. The number of nitrogens with zero attached hydrogens (tertiary/aromatic N) is 2. The normalized spacial score (nSPS) is 45.4. The maximum absolute atomic E-state index is 13.1. The van der Waals surface area contributed by atoms with Gasteiger partial charge in [-0.25, -0.2) is 11.0 Å². The number of hydrazone groups is 1. The van der Waals surface area contributed by atoms with Gasteiger partial charge < -0.3 is 5.11 Å². The van der Waals surface area contributed by atoms with Gasteiger partial charge in [-0.15, -0.1) is 0 Å². The van der Waals surface area contributed by atoms with E-state index < -0.39 is 5.60 Å². The second kappa shape index (κ2) is 8.44. The van der Waals surface area contributed by atoms with Crippen LogP contribution in [0.3, 0.4) is 0 Å². The van der Waals surface area contributed by atoms with Crippen molar-refractivity contribution in [2.24, 2.45) is 57.8 Å². The molecule has 0 aliphatic heterocycles. The van der Waals surface area contributed by atoms with Crippen molar-refractivity contribution in [1.29, 1.82) is 0 Å². The first kappa shape index (κ1) is 22.4. The van der Waals surface area contributed by atoms with Crippen LogP contribution in [0.4, 0.5) is 0 Å². The Morgan fingerprint density at radius 1 is 1.09 bits per heavy atom. The first-order valence-electron chi connectivity index (χ1n) is 13.1. The number of rotatable bonds is 4. The van der Waals surface area contributed by atoms with E-state index in [-0.39, 0.29) is 23.7 Å². The largest absolute Gasteiger partial charge is 0.378 e. The quantitative estimate of drug-likeness (QED) is 0.298. The maximum atomic E-state index is 13.1. The fraction of sp³-hybridized carbons (Fsp3) is 0.852. The topological polar surface area (TPSA) is 78.9 Å². The molecule has 3 unspecified atom stereocenters. The second-order valence-corrected chi connectivity index (χ2v) is 11.9. The summed E-state index contributed by atoms with van der Waals surface area (Å²) < 4.78 is 0. The van der Waals surface area contributed by atoms with Crippen LogP contribution < -0.4 is 5.84 Å². The van der Waals surface area contributed by atoms with Crippen molar-refractivity contribution in [3.05, 3.63) is 0 Å². The maximum Gasteiger partial charge on any atom is 0.159 e. The Morgan fingerprint density at radius 3 is 2.62 bits per heavy atom. The molecule has 5 heteroatoms. The molecule has 0 radical (unpaired) electrons. The molecule has 3 N–H and O–H groups in total. The predicted octanol–water partition coefficient (Wildman–Crippen LogP) is 4.15. The molecule has 176 valence electrons. The molecule has 5 saturated carbocycles. The molecule has 0 bridgehead atoms. The van der Waals surface area contributed by atoms with Gasteiger partial charge in [0.15, 0.2) is 5.78 Å². The lowest BCUT2D eigenvalue weighted by Gasteiger charge is -2.56. The highest BCUT2D eigenvalue weighted by atomic mass is 16.3. The van der Waals surface area contributed by atoms with Crippen LogP contribution in [0.5, 0.6) is 0 Å². The van der Waals surface area contributed by atoms with Crippen LogP contribution in [-0.4, -0.2) is 34.4 Å². The number of carbonyl (C=O) groups is 1. The molecule has 5 aliphatic carbocycles. The summed E-state index contributed by atoms with van der Waals surface area (Å²) in [6.45, 7) is 4.43. The average molecular weight is 440 g/mol. The molecule has 0 aromatic carbocycles. The summed E-state index contributed by atoms with van der Waals surface area (Å²) in [5.41, 5.74) is -0.618. The van der Waals surface area contributed by atoms with Crippen LogP contribution >= 0.6 is 0 Å². The van der Waals surface area contributed by atoms with Crippen LogP contribution in [0.15, 0.2) is 5.10 Å². The summed E-state index contributed by atoms with van der Waals surface area (Å²) in [5, 5.41) is 16.5. The minimum atomic E-state index is -0.736. The zero-order chi connectivity index (χ0) is 22.5. The van der Waals surface area contributed by atoms with Gasteiger partial charge in [-0.2, -0.15) is 5.10 Å². The molecule has 0 aromatic rings. The minimum Gasteiger partial charge on any atom is -0.378 e. The van der Waals surface area contributed by atoms with Crippen molar-refractivity contribution in [3.63, 3.8) is 0 Å². The third kappa shape index (κ3) is 4.03. The number of fused-ring (bicyclic) bond motifs is 5. The van der Waals surface area contributed by atoms with E-state index in [0.717, 1.165) is 49.9 Å². The van der Waals surface area contributed by atoms with Gasteiger partial charge in [-0.1, -0.05) is 18.8 Å². The SMILES string of the molecule is C/C=N\N(N)CC(=O)[C@H]1CCC2C3CC[C@@H]4C[C@@](O)(C#CC5CC5)CC[C@@H]4C3CC[C@@]21C. The van der Waals surface area contributed by atoms with Gasteiger partial charge in [0.25, 0.3) is 0 Å². The predicted molar refractivity (Wildman–Crippen MR) is 126 cm³/mol. The number of Topliss-reactive ketones (excluding diaryl/α,β-unsaturated/α-hetero) is 1. The lowest BCUT2D eigenvalue weighted by atomic mass is 9.49. The zero-order valence-electron chi connectivity index (χ0n) is 19.9. The monoisotopic (exact) mass is 439 g/mol. The first-order valence-corrected chi connectivity index (χ1v) is 13.1. The van der Waals surface area contributed by atoms with Crippen LogP contribution in [0.25, 0.3) is 0 Å². The number of hydrogen-bond donors (Lipinski definition) is 2. The van der Waals surface area contributed by atoms with Crippen molar-refractivity contribution >= 4 is 12.0 Å². The van der Waals surface area contributed by atoms with E-state index in [1.54, 1.807) is 6.21 Å². The molecule has 0 aromatic heterocycles. The van der Waals surface area contributed by atoms with Gasteiger partial charge in [-0.3, -0.25) is 4.79 Å². The van der Waals surface area contributed by atoms with Crippen LogP contribution in [0.2, 0.25) is 0 Å². The van der Waals surface area contributed by atoms with Crippen LogP contribution in [-0.2, 0) is 4.79 Å². The van der Waals surface area contributed by atoms with E-state index in [0.29, 0.717) is 17.8 Å². The Morgan fingerprint density at radius 2 is 1.88 bits per heavy atom. The zero-order valence-corrected chi connectivity index (χ0v) is 19.9. The van der Waals surface area contributed by atoms with Gasteiger partial charge in [0.05, 0.1) is 0 Å². The van der Waals surface area contributed by atoms with E-state index in [2.05, 4.69) is 23.9 Å². The Kier molecular flexibility index (Phi) is 5.91. The molecule has 5 rings (SSSR count). The van der Waals surface area contributed by atoms with Gasteiger partial charge in [0, 0.05) is 18.1 Å². The van der Waals surface area contributed by atoms with Gasteiger partial charge in [0.1, 0.15) is 12.1 Å². The Hall–Kier alpha value is -1.38.